The van der Waals surface area contributed by atoms with Gasteiger partial charge in [0.25, 0.3) is 0 Å². The maximum Gasteiger partial charge on any atom is 0.0130 e. The van der Waals surface area contributed by atoms with Crippen LogP contribution in [0.3, 0.4) is 0 Å². The number of nitrogens with two attached hydrogens (primary N) is 1. The van der Waals surface area contributed by atoms with E-state index in [2.05, 4.69) is 20.4 Å². The van der Waals surface area contributed by atoms with Gasteiger partial charge in [-0.3, -0.25) is 0 Å². The van der Waals surface area contributed by atoms with Crippen molar-refractivity contribution in [3.8, 4) is 0 Å². The molecule has 0 heterocycles. The zero-order valence-electron chi connectivity index (χ0n) is 8.40. The summed E-state index contributed by atoms with van der Waals surface area (Å²) in [5.41, 5.74) is 7.77. The van der Waals surface area contributed by atoms with Crippen molar-refractivity contribution in [1.29, 1.82) is 0 Å². The first-order valence-electron chi connectivity index (χ1n) is 4.94. The molecule has 0 aliphatic heterocycles. The Labute approximate surface area is 76.0 Å². The molecule has 1 atom stereocenters. The third kappa shape index (κ3) is 2.10. The Kier molecular flexibility index (Phi) is 2.94. The number of rotatable bonds is 3. The molecule has 1 aliphatic rings. The molecule has 0 saturated heterocycles. The molecule has 0 spiro atoms. The zero-order valence-corrected chi connectivity index (χ0v) is 8.40. The van der Waals surface area contributed by atoms with Crippen LogP contribution in [0.2, 0.25) is 0 Å². The van der Waals surface area contributed by atoms with E-state index in [1.165, 1.54) is 31.3 Å². The van der Waals surface area contributed by atoms with Crippen LogP contribution < -0.4 is 5.73 Å². The first-order valence-corrected chi connectivity index (χ1v) is 4.94. The van der Waals surface area contributed by atoms with Crippen LogP contribution in [0.25, 0.3) is 0 Å². The van der Waals surface area contributed by atoms with Crippen LogP contribution in [0.15, 0.2) is 12.2 Å². The Morgan fingerprint density at radius 1 is 1.50 bits per heavy atom. The fourth-order valence-corrected chi connectivity index (χ4v) is 2.18. The molecule has 1 fully saturated rings. The summed E-state index contributed by atoms with van der Waals surface area (Å²) in [7, 11) is 0. The molecule has 0 aromatic rings. The zero-order chi connectivity index (χ0) is 9.19. The number of hydrogen-bond acceptors (Lipinski definition) is 1. The Balaban J connectivity index is 2.49. The lowest BCUT2D eigenvalue weighted by Crippen LogP contribution is -2.37. The van der Waals surface area contributed by atoms with Crippen molar-refractivity contribution in [2.45, 2.75) is 52.0 Å². The van der Waals surface area contributed by atoms with Crippen LogP contribution in [0.4, 0.5) is 0 Å². The molecule has 0 aromatic carbocycles. The topological polar surface area (TPSA) is 26.0 Å². The highest BCUT2D eigenvalue weighted by molar-refractivity contribution is 4.99. The fraction of sp³-hybridized carbons (Fsp3) is 0.818. The van der Waals surface area contributed by atoms with Crippen molar-refractivity contribution in [2.24, 2.45) is 11.1 Å². The Hall–Kier alpha value is -0.300. The molecular formula is C11H21N. The van der Waals surface area contributed by atoms with Crippen molar-refractivity contribution in [3.05, 3.63) is 12.2 Å². The van der Waals surface area contributed by atoms with Gasteiger partial charge in [-0.05, 0) is 31.6 Å². The van der Waals surface area contributed by atoms with Crippen LogP contribution >= 0.6 is 0 Å². The van der Waals surface area contributed by atoms with Gasteiger partial charge in [-0.25, -0.2) is 0 Å². The molecule has 70 valence electrons. The third-order valence-electron chi connectivity index (χ3n) is 3.21. The predicted molar refractivity (Wildman–Crippen MR) is 54.0 cm³/mol. The minimum Gasteiger partial charge on any atom is -0.327 e. The first kappa shape index (κ1) is 9.79. The predicted octanol–water partition coefficient (Wildman–Crippen LogP) is 2.86. The Bertz CT molecular complexity index is 166. The third-order valence-corrected chi connectivity index (χ3v) is 3.21. The highest BCUT2D eigenvalue weighted by Gasteiger charge is 2.34. The average Bonchev–Trinajstić information content (AvgIpc) is 2.36. The largest absolute Gasteiger partial charge is 0.327 e. The van der Waals surface area contributed by atoms with E-state index in [0.717, 1.165) is 6.42 Å². The number of hydrogen-bond donors (Lipinski definition) is 1. The van der Waals surface area contributed by atoms with E-state index in [0.29, 0.717) is 11.5 Å². The average molecular weight is 167 g/mol. The van der Waals surface area contributed by atoms with Gasteiger partial charge in [0.15, 0.2) is 0 Å². The van der Waals surface area contributed by atoms with Gasteiger partial charge in [0, 0.05) is 6.04 Å². The van der Waals surface area contributed by atoms with Crippen LogP contribution in [-0.4, -0.2) is 6.04 Å². The normalized spacial score (nSPS) is 23.9. The Morgan fingerprint density at radius 2 is 2.00 bits per heavy atom. The minimum absolute atomic E-state index is 0.331. The van der Waals surface area contributed by atoms with Gasteiger partial charge in [-0.2, -0.15) is 0 Å². The molecule has 0 radical (unpaired) electrons. The molecule has 1 nitrogen and oxygen atoms in total. The molecule has 1 unspecified atom stereocenters. The first-order chi connectivity index (χ1) is 5.54. The van der Waals surface area contributed by atoms with Gasteiger partial charge in [0.1, 0.15) is 0 Å². The monoisotopic (exact) mass is 167 g/mol. The molecule has 1 saturated carbocycles. The second kappa shape index (κ2) is 3.61. The lowest BCUT2D eigenvalue weighted by Gasteiger charge is -2.31. The Morgan fingerprint density at radius 3 is 2.42 bits per heavy atom. The van der Waals surface area contributed by atoms with E-state index in [1.807, 2.05) is 0 Å². The van der Waals surface area contributed by atoms with Crippen LogP contribution in [0.1, 0.15) is 46.0 Å². The summed E-state index contributed by atoms with van der Waals surface area (Å²) in [4.78, 5) is 0. The van der Waals surface area contributed by atoms with Gasteiger partial charge in [0.2, 0.25) is 0 Å². The molecule has 1 rings (SSSR count). The molecule has 0 aromatic heterocycles. The maximum absolute atomic E-state index is 6.15. The smallest absolute Gasteiger partial charge is 0.0130 e. The summed E-state index contributed by atoms with van der Waals surface area (Å²) in [5.74, 6) is 0. The van der Waals surface area contributed by atoms with E-state index in [4.69, 9.17) is 5.73 Å². The molecule has 2 N–H and O–H groups in total. The lowest BCUT2D eigenvalue weighted by molar-refractivity contribution is 0.260. The quantitative estimate of drug-likeness (QED) is 0.643. The second-order valence-corrected chi connectivity index (χ2v) is 4.63. The van der Waals surface area contributed by atoms with Gasteiger partial charge in [0.05, 0.1) is 0 Å². The summed E-state index contributed by atoms with van der Waals surface area (Å²) in [5, 5.41) is 0. The molecule has 0 amide bonds. The van der Waals surface area contributed by atoms with E-state index >= 15 is 0 Å². The van der Waals surface area contributed by atoms with E-state index in [9.17, 15) is 0 Å². The SMILES string of the molecule is C=C(C)CC(N)C1(C)CCCC1. The molecular weight excluding hydrogens is 146 g/mol. The summed E-state index contributed by atoms with van der Waals surface area (Å²) in [6.45, 7) is 8.31. The fourth-order valence-electron chi connectivity index (χ4n) is 2.18. The highest BCUT2D eigenvalue weighted by Crippen LogP contribution is 2.41. The lowest BCUT2D eigenvalue weighted by atomic mass is 9.78. The van der Waals surface area contributed by atoms with Crippen molar-refractivity contribution >= 4 is 0 Å². The van der Waals surface area contributed by atoms with Gasteiger partial charge in [-0.15, -0.1) is 6.58 Å². The molecule has 1 heteroatoms. The van der Waals surface area contributed by atoms with E-state index in [1.54, 1.807) is 0 Å². The minimum atomic E-state index is 0.331. The van der Waals surface area contributed by atoms with Crippen LogP contribution in [-0.2, 0) is 0 Å². The van der Waals surface area contributed by atoms with Crippen LogP contribution in [0.5, 0.6) is 0 Å². The standard InChI is InChI=1S/C11H21N/c1-9(2)8-10(12)11(3)6-4-5-7-11/h10H,1,4-8,12H2,2-3H3. The summed E-state index contributed by atoms with van der Waals surface area (Å²) < 4.78 is 0. The van der Waals surface area contributed by atoms with Crippen molar-refractivity contribution in [1.82, 2.24) is 0 Å². The van der Waals surface area contributed by atoms with Crippen molar-refractivity contribution in [2.75, 3.05) is 0 Å². The van der Waals surface area contributed by atoms with Gasteiger partial charge in [-0.1, -0.05) is 25.3 Å². The molecule has 0 bridgehead atoms. The summed E-state index contributed by atoms with van der Waals surface area (Å²) in [6.07, 6.45) is 6.33. The van der Waals surface area contributed by atoms with Gasteiger partial charge < -0.3 is 5.73 Å². The molecule has 1 aliphatic carbocycles. The summed E-state index contributed by atoms with van der Waals surface area (Å²) in [6, 6.07) is 0.331. The summed E-state index contributed by atoms with van der Waals surface area (Å²) >= 11 is 0. The van der Waals surface area contributed by atoms with E-state index in [-0.39, 0.29) is 0 Å². The maximum atomic E-state index is 6.15. The van der Waals surface area contributed by atoms with Gasteiger partial charge >= 0.3 is 0 Å². The van der Waals surface area contributed by atoms with Crippen molar-refractivity contribution in [3.63, 3.8) is 0 Å². The van der Waals surface area contributed by atoms with Crippen LogP contribution in [0, 0.1) is 5.41 Å². The molecule has 12 heavy (non-hydrogen) atoms. The van der Waals surface area contributed by atoms with Crippen molar-refractivity contribution < 1.29 is 0 Å². The highest BCUT2D eigenvalue weighted by atomic mass is 14.7. The van der Waals surface area contributed by atoms with E-state index < -0.39 is 0 Å². The second-order valence-electron chi connectivity index (χ2n) is 4.63.